The second-order valence-electron chi connectivity index (χ2n) is 4.80. The maximum absolute atomic E-state index is 11.9. The van der Waals surface area contributed by atoms with Crippen LogP contribution in [0.3, 0.4) is 0 Å². The molecule has 0 spiro atoms. The number of hydrogen-bond acceptors (Lipinski definition) is 5. The topological polar surface area (TPSA) is 61.8 Å². The standard InChI is InChI=1S/C15H18O5/c1-18-11-5-4-9-7-12(14(16)19-2)13(15(17)20-3)8-10(9)6-11/h4-6,12-13H,7-8H2,1-3H3/t12-,13-/m0/s1. The van der Waals surface area contributed by atoms with E-state index in [9.17, 15) is 9.59 Å². The Morgan fingerprint density at radius 2 is 1.50 bits per heavy atom. The normalized spacial score (nSPS) is 20.8. The van der Waals surface area contributed by atoms with Crippen LogP contribution in [0.5, 0.6) is 5.75 Å². The van der Waals surface area contributed by atoms with Gasteiger partial charge < -0.3 is 14.2 Å². The number of hydrogen-bond donors (Lipinski definition) is 0. The van der Waals surface area contributed by atoms with E-state index >= 15 is 0 Å². The molecule has 5 heteroatoms. The van der Waals surface area contributed by atoms with E-state index in [1.165, 1.54) is 14.2 Å². The second-order valence-corrected chi connectivity index (χ2v) is 4.80. The molecular weight excluding hydrogens is 260 g/mol. The summed E-state index contributed by atoms with van der Waals surface area (Å²) in [7, 11) is 4.26. The molecule has 108 valence electrons. The zero-order chi connectivity index (χ0) is 14.7. The highest BCUT2D eigenvalue weighted by Gasteiger charge is 2.39. The average molecular weight is 278 g/mol. The largest absolute Gasteiger partial charge is 0.497 e. The Morgan fingerprint density at radius 1 is 0.950 bits per heavy atom. The quantitative estimate of drug-likeness (QED) is 0.781. The number of carbonyl (C=O) groups excluding carboxylic acids is 2. The molecule has 1 aromatic rings. The van der Waals surface area contributed by atoms with Gasteiger partial charge in [-0.2, -0.15) is 0 Å². The number of carbonyl (C=O) groups is 2. The number of rotatable bonds is 3. The van der Waals surface area contributed by atoms with E-state index in [1.54, 1.807) is 7.11 Å². The summed E-state index contributed by atoms with van der Waals surface area (Å²) in [5, 5.41) is 0. The first-order chi connectivity index (χ1) is 9.60. The van der Waals surface area contributed by atoms with Crippen molar-refractivity contribution >= 4 is 11.9 Å². The lowest BCUT2D eigenvalue weighted by Gasteiger charge is -2.29. The van der Waals surface area contributed by atoms with Crippen molar-refractivity contribution in [3.05, 3.63) is 29.3 Å². The van der Waals surface area contributed by atoms with Crippen LogP contribution in [0.1, 0.15) is 11.1 Å². The zero-order valence-electron chi connectivity index (χ0n) is 11.8. The van der Waals surface area contributed by atoms with E-state index in [2.05, 4.69) is 0 Å². The third kappa shape index (κ3) is 2.61. The van der Waals surface area contributed by atoms with Gasteiger partial charge in [0, 0.05) is 0 Å². The third-order valence-electron chi connectivity index (χ3n) is 3.79. The van der Waals surface area contributed by atoms with E-state index in [0.29, 0.717) is 12.8 Å². The maximum Gasteiger partial charge on any atom is 0.309 e. The van der Waals surface area contributed by atoms with Gasteiger partial charge in [0.05, 0.1) is 33.2 Å². The minimum Gasteiger partial charge on any atom is -0.497 e. The van der Waals surface area contributed by atoms with Crippen LogP contribution in [0.4, 0.5) is 0 Å². The van der Waals surface area contributed by atoms with Crippen LogP contribution in [0.2, 0.25) is 0 Å². The van der Waals surface area contributed by atoms with Crippen LogP contribution >= 0.6 is 0 Å². The summed E-state index contributed by atoms with van der Waals surface area (Å²) in [4.78, 5) is 23.8. The van der Waals surface area contributed by atoms with Gasteiger partial charge in [-0.15, -0.1) is 0 Å². The summed E-state index contributed by atoms with van der Waals surface area (Å²) in [6.07, 6.45) is 0.935. The SMILES string of the molecule is COC(=O)[C@H]1Cc2ccc(OC)cc2C[C@@H]1C(=O)OC. The number of esters is 2. The van der Waals surface area contributed by atoms with Crippen molar-refractivity contribution in [2.75, 3.05) is 21.3 Å². The lowest BCUT2D eigenvalue weighted by molar-refractivity contribution is -0.158. The molecule has 1 aliphatic rings. The molecule has 5 nitrogen and oxygen atoms in total. The molecule has 0 aromatic heterocycles. The number of fused-ring (bicyclic) bond motifs is 1. The molecule has 0 aliphatic heterocycles. The van der Waals surface area contributed by atoms with Crippen LogP contribution in [0, 0.1) is 11.8 Å². The van der Waals surface area contributed by atoms with E-state index < -0.39 is 11.8 Å². The van der Waals surface area contributed by atoms with Gasteiger partial charge in [-0.05, 0) is 36.1 Å². The van der Waals surface area contributed by atoms with Gasteiger partial charge in [-0.25, -0.2) is 0 Å². The van der Waals surface area contributed by atoms with Crippen LogP contribution < -0.4 is 4.74 Å². The van der Waals surface area contributed by atoms with E-state index in [4.69, 9.17) is 14.2 Å². The minimum atomic E-state index is -0.507. The summed E-state index contributed by atoms with van der Waals surface area (Å²) in [6.45, 7) is 0. The molecule has 0 heterocycles. The third-order valence-corrected chi connectivity index (χ3v) is 3.79. The average Bonchev–Trinajstić information content (AvgIpc) is 2.51. The van der Waals surface area contributed by atoms with Crippen LogP contribution in [-0.2, 0) is 31.9 Å². The van der Waals surface area contributed by atoms with Gasteiger partial charge in [0.2, 0.25) is 0 Å². The molecule has 0 N–H and O–H groups in total. The molecule has 0 unspecified atom stereocenters. The summed E-state index contributed by atoms with van der Waals surface area (Å²) in [6, 6.07) is 5.68. The minimum absolute atomic E-state index is 0.373. The van der Waals surface area contributed by atoms with Gasteiger partial charge in [-0.1, -0.05) is 6.07 Å². The molecule has 0 saturated heterocycles. The first kappa shape index (κ1) is 14.4. The van der Waals surface area contributed by atoms with Crippen LogP contribution in [-0.4, -0.2) is 33.3 Å². The van der Waals surface area contributed by atoms with Crippen molar-refractivity contribution in [1.82, 2.24) is 0 Å². The van der Waals surface area contributed by atoms with Gasteiger partial charge in [0.25, 0.3) is 0 Å². The van der Waals surface area contributed by atoms with Gasteiger partial charge in [-0.3, -0.25) is 9.59 Å². The van der Waals surface area contributed by atoms with Gasteiger partial charge >= 0.3 is 11.9 Å². The first-order valence-corrected chi connectivity index (χ1v) is 6.42. The molecule has 0 saturated carbocycles. The van der Waals surface area contributed by atoms with E-state index in [1.807, 2.05) is 18.2 Å². The summed E-state index contributed by atoms with van der Waals surface area (Å²) in [5.41, 5.74) is 2.06. The van der Waals surface area contributed by atoms with Crippen molar-refractivity contribution in [3.63, 3.8) is 0 Å². The first-order valence-electron chi connectivity index (χ1n) is 6.42. The Morgan fingerprint density at radius 3 is 2.00 bits per heavy atom. The fourth-order valence-corrected chi connectivity index (χ4v) is 2.67. The molecule has 0 amide bonds. The Labute approximate surface area is 117 Å². The summed E-state index contributed by atoms with van der Waals surface area (Å²) in [5.74, 6) is -1.01. The zero-order valence-corrected chi connectivity index (χ0v) is 11.8. The van der Waals surface area contributed by atoms with E-state index in [0.717, 1.165) is 16.9 Å². The smallest absolute Gasteiger partial charge is 0.309 e. The van der Waals surface area contributed by atoms with Crippen molar-refractivity contribution in [2.45, 2.75) is 12.8 Å². The Bertz CT molecular complexity index is 523. The van der Waals surface area contributed by atoms with E-state index in [-0.39, 0.29) is 11.9 Å². The van der Waals surface area contributed by atoms with Crippen molar-refractivity contribution in [2.24, 2.45) is 11.8 Å². The Hall–Kier alpha value is -2.04. The molecular formula is C15H18O5. The van der Waals surface area contributed by atoms with Gasteiger partial charge in [0.15, 0.2) is 0 Å². The second kappa shape index (κ2) is 5.94. The highest BCUT2D eigenvalue weighted by atomic mass is 16.5. The predicted octanol–water partition coefficient (Wildman–Crippen LogP) is 1.37. The predicted molar refractivity (Wildman–Crippen MR) is 71.4 cm³/mol. The monoisotopic (exact) mass is 278 g/mol. The number of ether oxygens (including phenoxy) is 3. The molecule has 0 radical (unpaired) electrons. The highest BCUT2D eigenvalue weighted by molar-refractivity contribution is 5.83. The molecule has 2 rings (SSSR count). The van der Waals surface area contributed by atoms with Crippen molar-refractivity contribution < 1.29 is 23.8 Å². The molecule has 1 aromatic carbocycles. The molecule has 0 fully saturated rings. The highest BCUT2D eigenvalue weighted by Crippen LogP contribution is 2.33. The number of benzene rings is 1. The fraction of sp³-hybridized carbons (Fsp3) is 0.467. The lowest BCUT2D eigenvalue weighted by atomic mass is 9.75. The summed E-state index contributed by atoms with van der Waals surface area (Å²) >= 11 is 0. The molecule has 20 heavy (non-hydrogen) atoms. The Kier molecular flexibility index (Phi) is 4.27. The molecule has 1 aliphatic carbocycles. The molecule has 2 atom stereocenters. The van der Waals surface area contributed by atoms with Gasteiger partial charge in [0.1, 0.15) is 5.75 Å². The Balaban J connectivity index is 2.36. The number of methoxy groups -OCH3 is 3. The molecule has 0 bridgehead atoms. The van der Waals surface area contributed by atoms with Crippen LogP contribution in [0.25, 0.3) is 0 Å². The fourth-order valence-electron chi connectivity index (χ4n) is 2.67. The summed E-state index contributed by atoms with van der Waals surface area (Å²) < 4.78 is 14.8. The maximum atomic E-state index is 11.9. The lowest BCUT2D eigenvalue weighted by Crippen LogP contribution is -2.37. The van der Waals surface area contributed by atoms with Crippen molar-refractivity contribution in [1.29, 1.82) is 0 Å². The van der Waals surface area contributed by atoms with Crippen LogP contribution in [0.15, 0.2) is 18.2 Å². The van der Waals surface area contributed by atoms with Crippen molar-refractivity contribution in [3.8, 4) is 5.75 Å².